The lowest BCUT2D eigenvalue weighted by molar-refractivity contribution is -0.187. The van der Waals surface area contributed by atoms with Crippen molar-refractivity contribution in [2.24, 2.45) is 0 Å². The maximum Gasteiger partial charge on any atom is 0.414 e. The van der Waals surface area contributed by atoms with Crippen LogP contribution in [0.3, 0.4) is 0 Å². The van der Waals surface area contributed by atoms with Gasteiger partial charge in [0, 0.05) is 45.1 Å². The first-order chi connectivity index (χ1) is 14.9. The van der Waals surface area contributed by atoms with Gasteiger partial charge < -0.3 is 29.5 Å². The maximum absolute atomic E-state index is 12.6. The Bertz CT molecular complexity index is 602. The molecule has 2 N–H and O–H groups in total. The van der Waals surface area contributed by atoms with E-state index in [4.69, 9.17) is 29.3 Å². The number of piperidine rings is 3. The minimum absolute atomic E-state index is 0.282. The number of rotatable bonds is 3. The van der Waals surface area contributed by atoms with Crippen LogP contribution in [-0.4, -0.2) is 114 Å². The van der Waals surface area contributed by atoms with Crippen molar-refractivity contribution in [1.29, 1.82) is 0 Å². The van der Waals surface area contributed by atoms with Crippen LogP contribution in [0.5, 0.6) is 0 Å². The summed E-state index contributed by atoms with van der Waals surface area (Å²) in [5.41, 5.74) is 0. The lowest BCUT2D eigenvalue weighted by atomic mass is 9.99. The van der Waals surface area contributed by atoms with Crippen molar-refractivity contribution >= 4 is 17.8 Å². The molecule has 176 valence electrons. The summed E-state index contributed by atoms with van der Waals surface area (Å²) in [5, 5.41) is 14.8. The Morgan fingerprint density at radius 3 is 1.87 bits per heavy atom. The number of carboxylic acid groups (broad SMARTS) is 2. The smallest absolute Gasteiger partial charge is 0.414 e. The minimum atomic E-state index is -1.82. The third kappa shape index (κ3) is 6.86. The van der Waals surface area contributed by atoms with Gasteiger partial charge in [-0.3, -0.25) is 9.69 Å². The number of hydrogen-bond acceptors (Lipinski definition) is 7. The zero-order valence-electron chi connectivity index (χ0n) is 18.2. The van der Waals surface area contributed by atoms with Gasteiger partial charge in [-0.25, -0.2) is 9.59 Å². The molecule has 31 heavy (non-hydrogen) atoms. The van der Waals surface area contributed by atoms with Crippen LogP contribution in [0.4, 0.5) is 0 Å². The molecule has 4 fully saturated rings. The number of carboxylic acids is 2. The van der Waals surface area contributed by atoms with Gasteiger partial charge in [0.15, 0.2) is 5.79 Å². The molecule has 0 radical (unpaired) electrons. The summed E-state index contributed by atoms with van der Waals surface area (Å²) in [5.74, 6) is -3.75. The van der Waals surface area contributed by atoms with E-state index in [1.165, 1.54) is 45.2 Å². The van der Waals surface area contributed by atoms with Gasteiger partial charge >= 0.3 is 11.9 Å². The summed E-state index contributed by atoms with van der Waals surface area (Å²) < 4.78 is 11.5. The van der Waals surface area contributed by atoms with Gasteiger partial charge in [0.25, 0.3) is 0 Å². The Hall–Kier alpha value is -1.75. The number of carbonyl (C=O) groups is 3. The highest BCUT2D eigenvalue weighted by Crippen LogP contribution is 2.31. The van der Waals surface area contributed by atoms with E-state index in [9.17, 15) is 4.79 Å². The summed E-state index contributed by atoms with van der Waals surface area (Å²) in [6.45, 7) is 8.20. The predicted molar refractivity (Wildman–Crippen MR) is 111 cm³/mol. The predicted octanol–water partition coefficient (Wildman–Crippen LogP) is 0.458. The van der Waals surface area contributed by atoms with Crippen molar-refractivity contribution in [3.8, 4) is 0 Å². The van der Waals surface area contributed by atoms with Crippen LogP contribution >= 0.6 is 0 Å². The molecule has 0 aromatic rings. The molecule has 1 spiro atoms. The van der Waals surface area contributed by atoms with Gasteiger partial charge in [0.1, 0.15) is 0 Å². The molecule has 4 heterocycles. The normalized spacial score (nSPS) is 25.1. The first-order valence-corrected chi connectivity index (χ1v) is 11.4. The van der Waals surface area contributed by atoms with E-state index < -0.39 is 11.9 Å². The number of ether oxygens (including phenoxy) is 2. The van der Waals surface area contributed by atoms with E-state index in [0.717, 1.165) is 45.1 Å². The highest BCUT2D eigenvalue weighted by Gasteiger charge is 2.41. The van der Waals surface area contributed by atoms with Crippen LogP contribution < -0.4 is 0 Å². The largest absolute Gasteiger partial charge is 0.473 e. The van der Waals surface area contributed by atoms with Crippen LogP contribution in [0.2, 0.25) is 0 Å². The fourth-order valence-electron chi connectivity index (χ4n) is 4.90. The SMILES string of the molecule is O=C(CN1CCC(N2CCCCC2)CC1)N1CCC2(CC1)OCCO2.O=C(O)C(=O)O. The summed E-state index contributed by atoms with van der Waals surface area (Å²) in [7, 11) is 0. The summed E-state index contributed by atoms with van der Waals surface area (Å²) in [6.07, 6.45) is 8.20. The molecule has 4 rings (SSSR count). The summed E-state index contributed by atoms with van der Waals surface area (Å²) >= 11 is 0. The quantitative estimate of drug-likeness (QED) is 0.602. The Labute approximate surface area is 183 Å². The molecule has 0 aromatic carbocycles. The number of amides is 1. The van der Waals surface area contributed by atoms with E-state index in [2.05, 4.69) is 9.80 Å². The van der Waals surface area contributed by atoms with E-state index in [1.54, 1.807) is 0 Å². The van der Waals surface area contributed by atoms with Gasteiger partial charge in [0.2, 0.25) is 5.91 Å². The first-order valence-electron chi connectivity index (χ1n) is 11.4. The highest BCUT2D eigenvalue weighted by atomic mass is 16.7. The molecule has 0 aliphatic carbocycles. The topological polar surface area (TPSA) is 120 Å². The van der Waals surface area contributed by atoms with Crippen LogP contribution in [-0.2, 0) is 23.9 Å². The number of aliphatic carboxylic acids is 2. The van der Waals surface area contributed by atoms with Crippen molar-refractivity contribution in [1.82, 2.24) is 14.7 Å². The molecular formula is C21H35N3O7. The van der Waals surface area contributed by atoms with Crippen LogP contribution in [0.15, 0.2) is 0 Å². The van der Waals surface area contributed by atoms with E-state index in [-0.39, 0.29) is 11.7 Å². The Balaban J connectivity index is 0.000000401. The molecule has 0 saturated carbocycles. The molecule has 0 unspecified atom stereocenters. The molecule has 0 aromatic heterocycles. The van der Waals surface area contributed by atoms with E-state index >= 15 is 0 Å². The molecule has 0 atom stereocenters. The van der Waals surface area contributed by atoms with E-state index in [1.807, 2.05) is 4.90 Å². The number of nitrogens with zero attached hydrogens (tertiary/aromatic N) is 3. The lowest BCUT2D eigenvalue weighted by Crippen LogP contribution is -2.52. The molecule has 4 aliphatic heterocycles. The van der Waals surface area contributed by atoms with Gasteiger partial charge in [-0.15, -0.1) is 0 Å². The molecule has 10 heteroatoms. The monoisotopic (exact) mass is 441 g/mol. The van der Waals surface area contributed by atoms with E-state index in [0.29, 0.717) is 19.8 Å². The zero-order valence-corrected chi connectivity index (χ0v) is 18.2. The van der Waals surface area contributed by atoms with Crippen molar-refractivity contribution in [2.45, 2.75) is 56.8 Å². The second-order valence-corrected chi connectivity index (χ2v) is 8.70. The van der Waals surface area contributed by atoms with Gasteiger partial charge in [-0.1, -0.05) is 6.42 Å². The molecular weight excluding hydrogens is 406 g/mol. The van der Waals surface area contributed by atoms with Crippen molar-refractivity contribution in [2.75, 3.05) is 59.0 Å². The molecule has 10 nitrogen and oxygen atoms in total. The first kappa shape index (κ1) is 23.9. The lowest BCUT2D eigenvalue weighted by Gasteiger charge is -2.41. The van der Waals surface area contributed by atoms with Crippen molar-refractivity contribution < 1.29 is 34.1 Å². The minimum Gasteiger partial charge on any atom is -0.473 e. The van der Waals surface area contributed by atoms with Crippen molar-refractivity contribution in [3.63, 3.8) is 0 Å². The zero-order chi connectivity index (χ0) is 22.3. The fourth-order valence-corrected chi connectivity index (χ4v) is 4.90. The second kappa shape index (κ2) is 11.2. The molecule has 0 bridgehead atoms. The van der Waals surface area contributed by atoms with Crippen LogP contribution in [0.1, 0.15) is 44.9 Å². The second-order valence-electron chi connectivity index (χ2n) is 8.70. The molecule has 4 aliphatic rings. The summed E-state index contributed by atoms with van der Waals surface area (Å²) in [4.78, 5) is 37.9. The average molecular weight is 442 g/mol. The number of likely N-dealkylation sites (tertiary alicyclic amines) is 3. The Morgan fingerprint density at radius 2 is 1.35 bits per heavy atom. The standard InChI is InChI=1S/C19H33N3O3.C2H2O4/c23-18(22-12-6-19(7-13-22)24-14-15-25-19)16-20-10-4-17(5-11-20)21-8-2-1-3-9-21;3-1(4)2(5)6/h17H,1-16H2;(H,3,4)(H,5,6). The fraction of sp³-hybridized carbons (Fsp3) is 0.857. The third-order valence-electron chi connectivity index (χ3n) is 6.70. The van der Waals surface area contributed by atoms with Crippen LogP contribution in [0.25, 0.3) is 0 Å². The number of carbonyl (C=O) groups excluding carboxylic acids is 1. The Morgan fingerprint density at radius 1 is 0.806 bits per heavy atom. The molecule has 1 amide bonds. The third-order valence-corrected chi connectivity index (χ3v) is 6.70. The van der Waals surface area contributed by atoms with Gasteiger partial charge in [-0.05, 0) is 38.8 Å². The maximum atomic E-state index is 12.6. The highest BCUT2D eigenvalue weighted by molar-refractivity contribution is 6.27. The van der Waals surface area contributed by atoms with Crippen LogP contribution in [0, 0.1) is 0 Å². The van der Waals surface area contributed by atoms with Gasteiger partial charge in [0.05, 0.1) is 19.8 Å². The average Bonchev–Trinajstić information content (AvgIpc) is 3.23. The molecule has 4 saturated heterocycles. The van der Waals surface area contributed by atoms with Crippen molar-refractivity contribution in [3.05, 3.63) is 0 Å². The Kier molecular flexibility index (Phi) is 8.65. The number of hydrogen-bond donors (Lipinski definition) is 2. The summed E-state index contributed by atoms with van der Waals surface area (Å²) in [6, 6.07) is 0.748. The van der Waals surface area contributed by atoms with Gasteiger partial charge in [-0.2, -0.15) is 0 Å².